The monoisotopic (exact) mass is 328 g/mol. The van der Waals surface area contributed by atoms with Crippen molar-refractivity contribution >= 4 is 0 Å². The van der Waals surface area contributed by atoms with E-state index < -0.39 is 5.60 Å². The minimum Gasteiger partial charge on any atom is -0.359 e. The first-order chi connectivity index (χ1) is 11.7. The molecule has 0 amide bonds. The van der Waals surface area contributed by atoms with Crippen LogP contribution in [-0.4, -0.2) is 31.7 Å². The number of ether oxygens (including phenoxy) is 3. The van der Waals surface area contributed by atoms with E-state index in [0.717, 1.165) is 37.9 Å². The van der Waals surface area contributed by atoms with Crippen LogP contribution >= 0.6 is 0 Å². The van der Waals surface area contributed by atoms with Gasteiger partial charge < -0.3 is 14.2 Å². The average molecular weight is 328 g/mol. The summed E-state index contributed by atoms with van der Waals surface area (Å²) in [6.45, 7) is 7.73. The van der Waals surface area contributed by atoms with Crippen LogP contribution in [0.25, 0.3) is 0 Å². The molecule has 2 atom stereocenters. The zero-order valence-corrected chi connectivity index (χ0v) is 14.6. The van der Waals surface area contributed by atoms with Crippen molar-refractivity contribution in [3.8, 4) is 11.8 Å². The highest BCUT2D eigenvalue weighted by atomic mass is 16.7. The lowest BCUT2D eigenvalue weighted by molar-refractivity contribution is -0.164. The van der Waals surface area contributed by atoms with Crippen molar-refractivity contribution in [3.05, 3.63) is 48.6 Å². The van der Waals surface area contributed by atoms with Crippen molar-refractivity contribution < 1.29 is 14.2 Å². The van der Waals surface area contributed by atoms with E-state index >= 15 is 0 Å². The molecule has 24 heavy (non-hydrogen) atoms. The van der Waals surface area contributed by atoms with Gasteiger partial charge in [-0.15, -0.1) is 6.58 Å². The Kier molecular flexibility index (Phi) is 8.04. The lowest BCUT2D eigenvalue weighted by Gasteiger charge is -2.25. The third kappa shape index (κ3) is 6.88. The molecule has 1 heterocycles. The van der Waals surface area contributed by atoms with Gasteiger partial charge in [-0.3, -0.25) is 0 Å². The fraction of sp³-hybridized carbons (Fsp3) is 0.524. The topological polar surface area (TPSA) is 27.7 Å². The summed E-state index contributed by atoms with van der Waals surface area (Å²) in [6, 6.07) is 9.98. The molecule has 0 saturated carbocycles. The lowest BCUT2D eigenvalue weighted by atomic mass is 10.00. The third-order valence-corrected chi connectivity index (χ3v) is 4.00. The first kappa shape index (κ1) is 18.7. The smallest absolute Gasteiger partial charge is 0.157 e. The highest BCUT2D eigenvalue weighted by molar-refractivity contribution is 5.35. The van der Waals surface area contributed by atoms with Crippen molar-refractivity contribution in [1.82, 2.24) is 0 Å². The van der Waals surface area contributed by atoms with E-state index in [0.29, 0.717) is 13.2 Å². The third-order valence-electron chi connectivity index (χ3n) is 4.00. The van der Waals surface area contributed by atoms with E-state index in [-0.39, 0.29) is 6.29 Å². The summed E-state index contributed by atoms with van der Waals surface area (Å²) >= 11 is 0. The molecule has 3 nitrogen and oxygen atoms in total. The van der Waals surface area contributed by atoms with Crippen LogP contribution in [0, 0.1) is 11.8 Å². The van der Waals surface area contributed by atoms with Gasteiger partial charge in [0.1, 0.15) is 5.60 Å². The van der Waals surface area contributed by atoms with Crippen LogP contribution in [0.2, 0.25) is 0 Å². The van der Waals surface area contributed by atoms with Crippen LogP contribution < -0.4 is 0 Å². The Balaban J connectivity index is 1.84. The van der Waals surface area contributed by atoms with Gasteiger partial charge in [-0.1, -0.05) is 36.1 Å². The van der Waals surface area contributed by atoms with E-state index in [1.165, 1.54) is 6.42 Å². The molecule has 2 unspecified atom stereocenters. The van der Waals surface area contributed by atoms with E-state index in [4.69, 9.17) is 14.2 Å². The Labute approximate surface area is 146 Å². The second-order valence-electron chi connectivity index (χ2n) is 6.22. The summed E-state index contributed by atoms with van der Waals surface area (Å²) < 4.78 is 17.3. The minimum absolute atomic E-state index is 0.0329. The number of benzene rings is 1. The molecule has 3 heteroatoms. The molecule has 0 aromatic heterocycles. The lowest BCUT2D eigenvalue weighted by Crippen LogP contribution is -2.28. The molecule has 1 fully saturated rings. The molecular weight excluding hydrogens is 300 g/mol. The van der Waals surface area contributed by atoms with Crippen LogP contribution in [0.4, 0.5) is 0 Å². The molecule has 0 bridgehead atoms. The number of hydrogen-bond donors (Lipinski definition) is 0. The van der Waals surface area contributed by atoms with E-state index in [9.17, 15) is 0 Å². The normalized spacial score (nSPS) is 19.8. The van der Waals surface area contributed by atoms with Crippen LogP contribution in [0.15, 0.2) is 43.0 Å². The first-order valence-electron chi connectivity index (χ1n) is 8.78. The maximum Gasteiger partial charge on any atom is 0.157 e. The maximum absolute atomic E-state index is 5.91. The Morgan fingerprint density at radius 2 is 2.17 bits per heavy atom. The Morgan fingerprint density at radius 1 is 1.33 bits per heavy atom. The summed E-state index contributed by atoms with van der Waals surface area (Å²) in [6.07, 6.45) is 6.75. The Hall–Kier alpha value is -1.60. The van der Waals surface area contributed by atoms with Crippen LogP contribution in [0.1, 0.15) is 44.6 Å². The first-order valence-corrected chi connectivity index (χ1v) is 8.78. The van der Waals surface area contributed by atoms with Crippen LogP contribution in [0.3, 0.4) is 0 Å². The fourth-order valence-corrected chi connectivity index (χ4v) is 2.61. The Bertz CT molecular complexity index is 537. The Morgan fingerprint density at radius 3 is 2.88 bits per heavy atom. The molecule has 1 saturated heterocycles. The average Bonchev–Trinajstić information content (AvgIpc) is 2.64. The van der Waals surface area contributed by atoms with Gasteiger partial charge in [-0.05, 0) is 51.2 Å². The molecule has 1 aromatic carbocycles. The molecular formula is C21H28O3. The molecule has 1 aromatic rings. The van der Waals surface area contributed by atoms with Crippen molar-refractivity contribution in [2.24, 2.45) is 0 Å². The summed E-state index contributed by atoms with van der Waals surface area (Å²) in [5, 5.41) is 0. The van der Waals surface area contributed by atoms with Gasteiger partial charge >= 0.3 is 0 Å². The fourth-order valence-electron chi connectivity index (χ4n) is 2.61. The summed E-state index contributed by atoms with van der Waals surface area (Å²) in [5.41, 5.74) is 0.499. The van der Waals surface area contributed by atoms with Gasteiger partial charge in [0, 0.05) is 18.8 Å². The van der Waals surface area contributed by atoms with Crippen molar-refractivity contribution in [2.45, 2.75) is 50.9 Å². The summed E-state index contributed by atoms with van der Waals surface area (Å²) in [5.74, 6) is 6.49. The highest BCUT2D eigenvalue weighted by Crippen LogP contribution is 2.19. The highest BCUT2D eigenvalue weighted by Gasteiger charge is 2.22. The molecule has 0 spiro atoms. The molecule has 1 aliphatic rings. The van der Waals surface area contributed by atoms with Crippen molar-refractivity contribution in [3.63, 3.8) is 0 Å². The maximum atomic E-state index is 5.91. The van der Waals surface area contributed by atoms with Crippen LogP contribution in [-0.2, 0) is 14.2 Å². The quantitative estimate of drug-likeness (QED) is 0.404. The molecule has 130 valence electrons. The SMILES string of the molecule is C=CCOC(C)(C#Cc1ccccc1)CCCOC1CCCCO1. The van der Waals surface area contributed by atoms with Gasteiger partial charge in [-0.2, -0.15) is 0 Å². The van der Waals surface area contributed by atoms with Crippen LogP contribution in [0.5, 0.6) is 0 Å². The second-order valence-corrected chi connectivity index (χ2v) is 6.22. The molecule has 0 radical (unpaired) electrons. The van der Waals surface area contributed by atoms with Gasteiger partial charge in [0.25, 0.3) is 0 Å². The molecule has 1 aliphatic heterocycles. The minimum atomic E-state index is -0.499. The van der Waals surface area contributed by atoms with Gasteiger partial charge in [0.2, 0.25) is 0 Å². The zero-order valence-electron chi connectivity index (χ0n) is 14.6. The number of hydrogen-bond acceptors (Lipinski definition) is 3. The standard InChI is InChI=1S/C21H28O3/c1-3-16-24-21(2,15-13-19-10-5-4-6-11-19)14-9-18-23-20-12-7-8-17-22-20/h3-6,10-11,20H,1,7-9,12,14,16-18H2,2H3. The van der Waals surface area contributed by atoms with E-state index in [2.05, 4.69) is 18.4 Å². The second kappa shape index (κ2) is 10.3. The predicted molar refractivity (Wildman–Crippen MR) is 96.7 cm³/mol. The summed E-state index contributed by atoms with van der Waals surface area (Å²) in [7, 11) is 0. The van der Waals surface area contributed by atoms with Gasteiger partial charge in [-0.25, -0.2) is 0 Å². The molecule has 2 rings (SSSR count). The van der Waals surface area contributed by atoms with Gasteiger partial charge in [0.05, 0.1) is 6.61 Å². The molecule has 0 N–H and O–H groups in total. The zero-order chi connectivity index (χ0) is 17.1. The van der Waals surface area contributed by atoms with Crippen molar-refractivity contribution in [1.29, 1.82) is 0 Å². The van der Waals surface area contributed by atoms with E-state index in [1.54, 1.807) is 6.08 Å². The summed E-state index contributed by atoms with van der Waals surface area (Å²) in [4.78, 5) is 0. The molecule has 0 aliphatic carbocycles. The number of rotatable bonds is 8. The van der Waals surface area contributed by atoms with Gasteiger partial charge in [0.15, 0.2) is 6.29 Å². The van der Waals surface area contributed by atoms with E-state index in [1.807, 2.05) is 37.3 Å². The largest absolute Gasteiger partial charge is 0.359 e. The van der Waals surface area contributed by atoms with Crippen molar-refractivity contribution in [2.75, 3.05) is 19.8 Å². The predicted octanol–water partition coefficient (Wildman–Crippen LogP) is 4.32.